The predicted molar refractivity (Wildman–Crippen MR) is 136 cm³/mol. The number of hydrogen-bond acceptors (Lipinski definition) is 9. The molecule has 0 radical (unpaired) electrons. The van der Waals surface area contributed by atoms with Gasteiger partial charge in [-0.25, -0.2) is 9.78 Å². The number of methoxy groups -OCH3 is 1. The molecule has 2 amide bonds. The summed E-state index contributed by atoms with van der Waals surface area (Å²) in [7, 11) is 5.62. The maximum atomic E-state index is 12.4. The van der Waals surface area contributed by atoms with Crippen LogP contribution < -0.4 is 15.4 Å². The number of carbonyl (C=O) groups excluding carboxylic acids is 1. The Morgan fingerprint density at radius 3 is 2.77 bits per heavy atom. The number of aromatic nitrogens is 4. The minimum Gasteiger partial charge on any atom is -0.495 e. The highest BCUT2D eigenvalue weighted by Gasteiger charge is 2.28. The van der Waals surface area contributed by atoms with Crippen LogP contribution in [0.25, 0.3) is 21.3 Å². The molecule has 3 aromatic heterocycles. The standard InChI is InChI=1S/C24H29N7O3S/c1-24(2,14-31(3)4)21-28-20(30-34-21)8-9-26-22(32)29-23-27-18-7-6-15(11-19(18)35-23)16-10-17(33-5)13-25-12-16/h6-7,10-13H,8-9,14H2,1-5H3,(H2,26,27,29,32). The fourth-order valence-electron chi connectivity index (χ4n) is 3.76. The topological polar surface area (TPSA) is 118 Å². The number of rotatable bonds is 9. The predicted octanol–water partition coefficient (Wildman–Crippen LogP) is 3.95. The van der Waals surface area contributed by atoms with Crippen molar-refractivity contribution in [2.45, 2.75) is 25.7 Å². The van der Waals surface area contributed by atoms with E-state index in [1.54, 1.807) is 19.5 Å². The van der Waals surface area contributed by atoms with E-state index >= 15 is 0 Å². The van der Waals surface area contributed by atoms with Gasteiger partial charge >= 0.3 is 6.03 Å². The number of anilines is 1. The quantitative estimate of drug-likeness (QED) is 0.358. The maximum absolute atomic E-state index is 12.4. The molecule has 184 valence electrons. The summed E-state index contributed by atoms with van der Waals surface area (Å²) in [4.78, 5) is 27.7. The number of likely N-dealkylation sites (N-methyl/N-ethyl adjacent to an activating group) is 1. The van der Waals surface area contributed by atoms with Gasteiger partial charge < -0.3 is 19.5 Å². The lowest BCUT2D eigenvalue weighted by molar-refractivity contribution is 0.246. The van der Waals surface area contributed by atoms with Crippen molar-refractivity contribution in [2.75, 3.05) is 39.6 Å². The molecule has 3 heterocycles. The van der Waals surface area contributed by atoms with Crippen molar-refractivity contribution in [1.82, 2.24) is 30.3 Å². The normalized spacial score (nSPS) is 11.7. The summed E-state index contributed by atoms with van der Waals surface area (Å²) >= 11 is 1.41. The van der Waals surface area contributed by atoms with Gasteiger partial charge in [0.25, 0.3) is 0 Å². The molecular formula is C24H29N7O3S. The zero-order valence-electron chi connectivity index (χ0n) is 20.5. The molecule has 0 atom stereocenters. The third-order valence-corrected chi connectivity index (χ3v) is 6.22. The number of ether oxygens (including phenoxy) is 1. The van der Waals surface area contributed by atoms with Crippen molar-refractivity contribution in [3.63, 3.8) is 0 Å². The molecule has 0 unspecified atom stereocenters. The van der Waals surface area contributed by atoms with E-state index in [1.807, 2.05) is 38.4 Å². The molecule has 0 aliphatic heterocycles. The Morgan fingerprint density at radius 1 is 1.17 bits per heavy atom. The van der Waals surface area contributed by atoms with E-state index in [0.717, 1.165) is 27.9 Å². The van der Waals surface area contributed by atoms with Crippen molar-refractivity contribution in [3.8, 4) is 16.9 Å². The largest absolute Gasteiger partial charge is 0.495 e. The van der Waals surface area contributed by atoms with E-state index in [2.05, 4.69) is 49.5 Å². The Bertz CT molecular complexity index is 1320. The minimum atomic E-state index is -0.335. The molecule has 0 bridgehead atoms. The van der Waals surface area contributed by atoms with Crippen LogP contribution >= 0.6 is 11.3 Å². The first-order chi connectivity index (χ1) is 16.7. The summed E-state index contributed by atoms with van der Waals surface area (Å²) in [5, 5.41) is 10.2. The Balaban J connectivity index is 1.33. The number of amides is 2. The molecule has 11 heteroatoms. The smallest absolute Gasteiger partial charge is 0.321 e. The Kier molecular flexibility index (Phi) is 7.27. The molecule has 0 aliphatic rings. The molecule has 10 nitrogen and oxygen atoms in total. The number of nitrogens with one attached hydrogen (secondary N) is 2. The van der Waals surface area contributed by atoms with Crippen LogP contribution in [0.3, 0.4) is 0 Å². The molecular weight excluding hydrogens is 466 g/mol. The number of pyridine rings is 1. The highest BCUT2D eigenvalue weighted by atomic mass is 32.1. The van der Waals surface area contributed by atoms with Gasteiger partial charge in [0, 0.05) is 31.3 Å². The summed E-state index contributed by atoms with van der Waals surface area (Å²) in [5.74, 6) is 1.84. The van der Waals surface area contributed by atoms with Crippen LogP contribution in [0.4, 0.5) is 9.93 Å². The third kappa shape index (κ3) is 6.11. The summed E-state index contributed by atoms with van der Waals surface area (Å²) in [6.07, 6.45) is 3.92. The number of carbonyl (C=O) groups is 1. The molecule has 35 heavy (non-hydrogen) atoms. The van der Waals surface area contributed by atoms with E-state index in [1.165, 1.54) is 11.3 Å². The molecule has 4 aromatic rings. The molecule has 0 spiro atoms. The summed E-state index contributed by atoms with van der Waals surface area (Å²) in [5.41, 5.74) is 2.50. The highest BCUT2D eigenvalue weighted by Crippen LogP contribution is 2.31. The van der Waals surface area contributed by atoms with Crippen molar-refractivity contribution in [2.24, 2.45) is 0 Å². The van der Waals surface area contributed by atoms with Crippen LogP contribution in [-0.2, 0) is 11.8 Å². The minimum absolute atomic E-state index is 0.255. The van der Waals surface area contributed by atoms with Gasteiger partial charge in [-0.05, 0) is 51.7 Å². The van der Waals surface area contributed by atoms with E-state index in [0.29, 0.717) is 35.6 Å². The van der Waals surface area contributed by atoms with E-state index < -0.39 is 0 Å². The van der Waals surface area contributed by atoms with Crippen LogP contribution in [-0.4, -0.2) is 65.3 Å². The van der Waals surface area contributed by atoms with Crippen molar-refractivity contribution >= 4 is 32.7 Å². The van der Waals surface area contributed by atoms with Crippen molar-refractivity contribution in [1.29, 1.82) is 0 Å². The number of fused-ring (bicyclic) bond motifs is 1. The van der Waals surface area contributed by atoms with Crippen LogP contribution in [0.15, 0.2) is 41.2 Å². The zero-order chi connectivity index (χ0) is 25.0. The van der Waals surface area contributed by atoms with Gasteiger partial charge in [0.2, 0.25) is 5.89 Å². The first-order valence-corrected chi connectivity index (χ1v) is 12.0. The van der Waals surface area contributed by atoms with Gasteiger partial charge in [-0.2, -0.15) is 4.98 Å². The Labute approximate surface area is 207 Å². The SMILES string of the molecule is COc1cncc(-c2ccc3nc(NC(=O)NCCc4noc(C(C)(C)CN(C)C)n4)sc3c2)c1. The van der Waals surface area contributed by atoms with E-state index in [-0.39, 0.29) is 11.4 Å². The van der Waals surface area contributed by atoms with Crippen LogP contribution in [0.1, 0.15) is 25.6 Å². The molecule has 1 aromatic carbocycles. The van der Waals surface area contributed by atoms with E-state index in [4.69, 9.17) is 9.26 Å². The second kappa shape index (κ2) is 10.4. The Hall–Kier alpha value is -3.57. The summed E-state index contributed by atoms with van der Waals surface area (Å²) < 4.78 is 11.7. The fourth-order valence-corrected chi connectivity index (χ4v) is 4.66. The van der Waals surface area contributed by atoms with Gasteiger partial charge in [-0.15, -0.1) is 0 Å². The third-order valence-electron chi connectivity index (χ3n) is 5.28. The lowest BCUT2D eigenvalue weighted by Crippen LogP contribution is -2.32. The number of thiazole rings is 1. The van der Waals surface area contributed by atoms with Crippen LogP contribution in [0, 0.1) is 0 Å². The molecule has 0 aliphatic carbocycles. The van der Waals surface area contributed by atoms with Gasteiger partial charge in [0.05, 0.1) is 28.9 Å². The van der Waals surface area contributed by atoms with Crippen LogP contribution in [0.2, 0.25) is 0 Å². The maximum Gasteiger partial charge on any atom is 0.321 e. The van der Waals surface area contributed by atoms with Crippen molar-refractivity contribution in [3.05, 3.63) is 48.4 Å². The highest BCUT2D eigenvalue weighted by molar-refractivity contribution is 7.22. The monoisotopic (exact) mass is 495 g/mol. The number of hydrogen-bond donors (Lipinski definition) is 2. The first kappa shape index (κ1) is 24.6. The first-order valence-electron chi connectivity index (χ1n) is 11.2. The second-order valence-electron chi connectivity index (χ2n) is 9.08. The second-order valence-corrected chi connectivity index (χ2v) is 10.1. The Morgan fingerprint density at radius 2 is 2.00 bits per heavy atom. The fraction of sp³-hybridized carbons (Fsp3) is 0.375. The van der Waals surface area contributed by atoms with Gasteiger partial charge in [-0.3, -0.25) is 10.3 Å². The average Bonchev–Trinajstić information content (AvgIpc) is 3.45. The lowest BCUT2D eigenvalue weighted by atomic mass is 9.93. The van der Waals surface area contributed by atoms with Crippen molar-refractivity contribution < 1.29 is 14.1 Å². The van der Waals surface area contributed by atoms with Crippen LogP contribution in [0.5, 0.6) is 5.75 Å². The van der Waals surface area contributed by atoms with Gasteiger partial charge in [-0.1, -0.05) is 22.6 Å². The van der Waals surface area contributed by atoms with E-state index in [9.17, 15) is 4.79 Å². The lowest BCUT2D eigenvalue weighted by Gasteiger charge is -2.23. The van der Waals surface area contributed by atoms with Gasteiger partial charge in [0.15, 0.2) is 11.0 Å². The molecule has 0 saturated heterocycles. The average molecular weight is 496 g/mol. The molecule has 4 rings (SSSR count). The number of benzene rings is 1. The zero-order valence-corrected chi connectivity index (χ0v) is 21.3. The number of nitrogens with zero attached hydrogens (tertiary/aromatic N) is 5. The van der Waals surface area contributed by atoms with Gasteiger partial charge in [0.1, 0.15) is 5.75 Å². The summed E-state index contributed by atoms with van der Waals surface area (Å²) in [6.45, 7) is 5.28. The molecule has 0 saturated carbocycles. The number of urea groups is 1. The molecule has 0 fully saturated rings. The molecule has 2 N–H and O–H groups in total. The summed E-state index contributed by atoms with van der Waals surface area (Å²) in [6, 6.07) is 7.52.